The summed E-state index contributed by atoms with van der Waals surface area (Å²) >= 11 is 0. The average Bonchev–Trinajstić information content (AvgIpc) is 2.75. The summed E-state index contributed by atoms with van der Waals surface area (Å²) in [6.45, 7) is 2.34. The molecule has 0 bridgehead atoms. The van der Waals surface area contributed by atoms with Crippen LogP contribution < -0.4 is 0 Å². The van der Waals surface area contributed by atoms with Gasteiger partial charge in [0.05, 0.1) is 11.2 Å². The van der Waals surface area contributed by atoms with Crippen molar-refractivity contribution in [2.75, 3.05) is 7.05 Å². The molecule has 2 aliphatic rings. The lowest BCUT2D eigenvalue weighted by atomic mass is 9.63. The molecular weight excluding hydrogens is 356 g/mol. The Bertz CT molecular complexity index is 1130. The summed E-state index contributed by atoms with van der Waals surface area (Å²) in [5.74, 6) is 0.290. The van der Waals surface area contributed by atoms with Gasteiger partial charge in [-0.05, 0) is 54.2 Å². The van der Waals surface area contributed by atoms with Gasteiger partial charge in [-0.1, -0.05) is 55.5 Å². The Kier molecular flexibility index (Phi) is 4.27. The van der Waals surface area contributed by atoms with Gasteiger partial charge in [0, 0.05) is 30.3 Å². The highest BCUT2D eigenvalue weighted by molar-refractivity contribution is 5.81. The van der Waals surface area contributed by atoms with Crippen molar-refractivity contribution in [2.45, 2.75) is 44.1 Å². The number of aromatic nitrogens is 1. The molecule has 29 heavy (non-hydrogen) atoms. The Hall–Kier alpha value is -2.94. The van der Waals surface area contributed by atoms with E-state index in [1.54, 1.807) is 0 Å². The molecule has 3 heteroatoms. The number of aryl methyl sites for hydroxylation is 1. The second-order valence-corrected chi connectivity index (χ2v) is 8.66. The van der Waals surface area contributed by atoms with Crippen molar-refractivity contribution in [3.05, 3.63) is 77.0 Å². The SMILES string of the molecule is CN1C(=O)CC[C@]2(C)c3ccc(/C=C/c4ccc5ccccc5n4)cc3CCC12. The maximum atomic E-state index is 12.2. The smallest absolute Gasteiger partial charge is 0.222 e. The van der Waals surface area contributed by atoms with Crippen LogP contribution in [0.5, 0.6) is 0 Å². The molecule has 146 valence electrons. The molecule has 3 nitrogen and oxygen atoms in total. The zero-order valence-electron chi connectivity index (χ0n) is 17.1. The van der Waals surface area contributed by atoms with Gasteiger partial charge in [0.25, 0.3) is 0 Å². The summed E-state index contributed by atoms with van der Waals surface area (Å²) < 4.78 is 0. The van der Waals surface area contributed by atoms with Crippen LogP contribution in [0.3, 0.4) is 0 Å². The molecule has 0 saturated carbocycles. The Balaban J connectivity index is 1.44. The molecule has 2 aromatic carbocycles. The Morgan fingerprint density at radius 2 is 1.93 bits per heavy atom. The molecule has 2 atom stereocenters. The zero-order valence-corrected chi connectivity index (χ0v) is 17.1. The second-order valence-electron chi connectivity index (χ2n) is 8.66. The van der Waals surface area contributed by atoms with Gasteiger partial charge in [-0.2, -0.15) is 0 Å². The fraction of sp³-hybridized carbons (Fsp3) is 0.308. The molecule has 0 spiro atoms. The first-order valence-electron chi connectivity index (χ1n) is 10.5. The van der Waals surface area contributed by atoms with E-state index in [0.29, 0.717) is 18.4 Å². The minimum absolute atomic E-state index is 0.0678. The fourth-order valence-corrected chi connectivity index (χ4v) is 5.27. The van der Waals surface area contributed by atoms with Gasteiger partial charge in [0.2, 0.25) is 5.91 Å². The Morgan fingerprint density at radius 3 is 2.83 bits per heavy atom. The molecule has 2 heterocycles. The van der Waals surface area contributed by atoms with E-state index in [0.717, 1.165) is 35.9 Å². The van der Waals surface area contributed by atoms with E-state index in [4.69, 9.17) is 4.98 Å². The Morgan fingerprint density at radius 1 is 1.07 bits per heavy atom. The number of nitrogens with zero attached hydrogens (tertiary/aromatic N) is 2. The summed E-state index contributed by atoms with van der Waals surface area (Å²) in [5.41, 5.74) is 6.13. The fourth-order valence-electron chi connectivity index (χ4n) is 5.27. The molecule has 1 aliphatic carbocycles. The molecule has 1 unspecified atom stereocenters. The molecule has 0 N–H and O–H groups in total. The molecule has 1 saturated heterocycles. The summed E-state index contributed by atoms with van der Waals surface area (Å²) in [5, 5.41) is 1.16. The molecular formula is C26H26N2O. The third kappa shape index (κ3) is 3.05. The summed E-state index contributed by atoms with van der Waals surface area (Å²) in [6, 6.07) is 19.5. The van der Waals surface area contributed by atoms with Crippen LogP contribution in [0.2, 0.25) is 0 Å². The third-order valence-electron chi connectivity index (χ3n) is 6.95. The maximum Gasteiger partial charge on any atom is 0.222 e. The number of carbonyl (C=O) groups excluding carboxylic acids is 1. The molecule has 5 rings (SSSR count). The quantitative estimate of drug-likeness (QED) is 0.608. The normalized spacial score (nSPS) is 24.0. The third-order valence-corrected chi connectivity index (χ3v) is 6.95. The lowest BCUT2D eigenvalue weighted by Crippen LogP contribution is -2.56. The van der Waals surface area contributed by atoms with Gasteiger partial charge >= 0.3 is 0 Å². The van der Waals surface area contributed by atoms with E-state index >= 15 is 0 Å². The second kappa shape index (κ2) is 6.84. The molecule has 3 aromatic rings. The van der Waals surface area contributed by atoms with Crippen LogP contribution in [0, 0.1) is 0 Å². The van der Waals surface area contributed by atoms with Crippen molar-refractivity contribution in [3.8, 4) is 0 Å². The number of likely N-dealkylation sites (tertiary alicyclic amines) is 1. The molecule has 1 aliphatic heterocycles. The minimum Gasteiger partial charge on any atom is -0.342 e. The number of hydrogen-bond donors (Lipinski definition) is 0. The van der Waals surface area contributed by atoms with E-state index < -0.39 is 0 Å². The van der Waals surface area contributed by atoms with Gasteiger partial charge in [-0.3, -0.25) is 4.79 Å². The number of pyridine rings is 1. The number of piperidine rings is 1. The molecule has 1 aromatic heterocycles. The summed E-state index contributed by atoms with van der Waals surface area (Å²) in [6.07, 6.45) is 7.92. The number of likely N-dealkylation sites (N-methyl/N-ethyl adjacent to an activating group) is 1. The van der Waals surface area contributed by atoms with Gasteiger partial charge in [-0.25, -0.2) is 4.98 Å². The standard InChI is InChI=1S/C26H26N2O/c1-26-16-15-25(29)28(2)24(26)14-10-20-17-18(8-13-22(20)26)7-11-21-12-9-19-5-3-4-6-23(19)27-21/h3-9,11-13,17,24H,10,14-16H2,1-2H3/b11-7+/t24?,26-/m1/s1. The predicted octanol–water partition coefficient (Wildman–Crippen LogP) is 5.23. The van der Waals surface area contributed by atoms with Gasteiger partial charge in [0.1, 0.15) is 0 Å². The summed E-state index contributed by atoms with van der Waals surface area (Å²) in [7, 11) is 1.98. The Labute approximate surface area is 172 Å². The van der Waals surface area contributed by atoms with Crippen LogP contribution in [0.15, 0.2) is 54.6 Å². The van der Waals surface area contributed by atoms with Gasteiger partial charge < -0.3 is 4.90 Å². The van der Waals surface area contributed by atoms with Gasteiger partial charge in [0.15, 0.2) is 0 Å². The van der Waals surface area contributed by atoms with Crippen LogP contribution in [-0.2, 0) is 16.6 Å². The van der Waals surface area contributed by atoms with E-state index in [1.807, 2.05) is 24.1 Å². The van der Waals surface area contributed by atoms with Gasteiger partial charge in [-0.15, -0.1) is 0 Å². The van der Waals surface area contributed by atoms with Crippen molar-refractivity contribution >= 4 is 29.0 Å². The van der Waals surface area contributed by atoms with E-state index in [-0.39, 0.29) is 5.41 Å². The highest BCUT2D eigenvalue weighted by Gasteiger charge is 2.46. The largest absolute Gasteiger partial charge is 0.342 e. The van der Waals surface area contributed by atoms with Crippen molar-refractivity contribution < 1.29 is 4.79 Å². The molecule has 1 amide bonds. The van der Waals surface area contributed by atoms with Crippen molar-refractivity contribution in [2.24, 2.45) is 0 Å². The van der Waals surface area contributed by atoms with Crippen LogP contribution >= 0.6 is 0 Å². The highest BCUT2D eigenvalue weighted by atomic mass is 16.2. The lowest BCUT2D eigenvalue weighted by molar-refractivity contribution is -0.138. The van der Waals surface area contributed by atoms with Crippen molar-refractivity contribution in [3.63, 3.8) is 0 Å². The zero-order chi connectivity index (χ0) is 20.0. The first-order valence-corrected chi connectivity index (χ1v) is 10.5. The average molecular weight is 383 g/mol. The lowest BCUT2D eigenvalue weighted by Gasteiger charge is -2.50. The number of hydrogen-bond acceptors (Lipinski definition) is 2. The monoisotopic (exact) mass is 382 g/mol. The number of benzene rings is 2. The van der Waals surface area contributed by atoms with Crippen LogP contribution in [0.25, 0.3) is 23.1 Å². The first kappa shape index (κ1) is 18.1. The number of fused-ring (bicyclic) bond motifs is 4. The van der Waals surface area contributed by atoms with Crippen LogP contribution in [0.4, 0.5) is 0 Å². The van der Waals surface area contributed by atoms with E-state index in [1.165, 1.54) is 16.7 Å². The van der Waals surface area contributed by atoms with Crippen molar-refractivity contribution in [1.29, 1.82) is 0 Å². The highest BCUT2D eigenvalue weighted by Crippen LogP contribution is 2.45. The molecule has 0 radical (unpaired) electrons. The predicted molar refractivity (Wildman–Crippen MR) is 119 cm³/mol. The van der Waals surface area contributed by atoms with E-state index in [2.05, 4.69) is 61.5 Å². The number of rotatable bonds is 2. The molecule has 1 fully saturated rings. The summed E-state index contributed by atoms with van der Waals surface area (Å²) in [4.78, 5) is 18.9. The first-order chi connectivity index (χ1) is 14.0. The maximum absolute atomic E-state index is 12.2. The minimum atomic E-state index is 0.0678. The van der Waals surface area contributed by atoms with Crippen molar-refractivity contribution in [1.82, 2.24) is 9.88 Å². The topological polar surface area (TPSA) is 33.2 Å². The number of carbonyl (C=O) groups is 1. The number of para-hydroxylation sites is 1. The van der Waals surface area contributed by atoms with Crippen LogP contribution in [-0.4, -0.2) is 28.9 Å². The van der Waals surface area contributed by atoms with E-state index in [9.17, 15) is 4.79 Å². The number of amides is 1. The van der Waals surface area contributed by atoms with Crippen LogP contribution in [0.1, 0.15) is 48.6 Å².